The summed E-state index contributed by atoms with van der Waals surface area (Å²) in [5.41, 5.74) is 2.00. The molecule has 2 aromatic rings. The average molecular weight is 325 g/mol. The molecule has 0 aliphatic rings. The Morgan fingerprint density at radius 1 is 1.17 bits per heavy atom. The first-order chi connectivity index (χ1) is 11.7. The summed E-state index contributed by atoms with van der Waals surface area (Å²) in [6, 6.07) is 17.6. The van der Waals surface area contributed by atoms with Gasteiger partial charge in [-0.2, -0.15) is 0 Å². The van der Waals surface area contributed by atoms with Crippen molar-refractivity contribution in [1.29, 1.82) is 0 Å². The first-order valence-corrected chi connectivity index (χ1v) is 8.07. The van der Waals surface area contributed by atoms with Gasteiger partial charge in [0.05, 0.1) is 6.61 Å². The Balaban J connectivity index is 1.97. The topological polar surface area (TPSA) is 49.8 Å². The third kappa shape index (κ3) is 5.56. The number of nitrogens with zero attached hydrogens (tertiary/aromatic N) is 1. The average Bonchev–Trinajstić information content (AvgIpc) is 2.63. The molecular weight excluding hydrogens is 302 g/mol. The highest BCUT2D eigenvalue weighted by Gasteiger charge is 2.06. The van der Waals surface area contributed by atoms with Crippen molar-refractivity contribution in [2.75, 3.05) is 19.7 Å². The molecule has 0 bridgehead atoms. The second kappa shape index (κ2) is 9.53. The number of likely N-dealkylation sites (N-methyl/N-ethyl adjacent to an activating group) is 1. The molecule has 0 aliphatic heterocycles. The molecule has 0 aromatic heterocycles. The third-order valence-corrected chi connectivity index (χ3v) is 3.59. The minimum absolute atomic E-state index is 0.0315. The lowest BCUT2D eigenvalue weighted by molar-refractivity contribution is -0.126. The van der Waals surface area contributed by atoms with Crippen LogP contribution >= 0.6 is 0 Å². The Morgan fingerprint density at radius 2 is 1.96 bits per heavy atom. The van der Waals surface area contributed by atoms with Crippen LogP contribution in [0.3, 0.4) is 0 Å². The molecule has 0 spiro atoms. The van der Waals surface area contributed by atoms with Crippen molar-refractivity contribution in [3.63, 3.8) is 0 Å². The highest BCUT2D eigenvalue weighted by atomic mass is 16.5. The fourth-order valence-corrected chi connectivity index (χ4v) is 2.27. The second-order valence-electron chi connectivity index (χ2n) is 5.32. The van der Waals surface area contributed by atoms with Crippen molar-refractivity contribution >= 4 is 12.0 Å². The number of rotatable bonds is 8. The van der Waals surface area contributed by atoms with E-state index in [1.165, 1.54) is 6.08 Å². The maximum Gasteiger partial charge on any atom is 0.246 e. The molecule has 0 unspecified atom stereocenters. The van der Waals surface area contributed by atoms with Gasteiger partial charge < -0.3 is 14.7 Å². The van der Waals surface area contributed by atoms with Gasteiger partial charge in [-0.15, -0.1) is 0 Å². The number of hydrogen-bond acceptors (Lipinski definition) is 3. The summed E-state index contributed by atoms with van der Waals surface area (Å²) in [5.74, 6) is 0.651. The minimum Gasteiger partial charge on any atom is -0.489 e. The van der Waals surface area contributed by atoms with Crippen LogP contribution in [0, 0.1) is 0 Å². The second-order valence-corrected chi connectivity index (χ2v) is 5.32. The largest absolute Gasteiger partial charge is 0.489 e. The highest BCUT2D eigenvalue weighted by Crippen LogP contribution is 2.16. The van der Waals surface area contributed by atoms with Crippen LogP contribution in [0.4, 0.5) is 0 Å². The zero-order chi connectivity index (χ0) is 17.2. The smallest absolute Gasteiger partial charge is 0.246 e. The van der Waals surface area contributed by atoms with Crippen molar-refractivity contribution in [1.82, 2.24) is 4.90 Å². The van der Waals surface area contributed by atoms with Gasteiger partial charge >= 0.3 is 0 Å². The van der Waals surface area contributed by atoms with Gasteiger partial charge in [0.2, 0.25) is 5.91 Å². The van der Waals surface area contributed by atoms with Crippen LogP contribution in [-0.4, -0.2) is 35.6 Å². The molecule has 0 atom stereocenters. The van der Waals surface area contributed by atoms with E-state index in [4.69, 9.17) is 9.84 Å². The van der Waals surface area contributed by atoms with E-state index >= 15 is 0 Å². The normalized spacial score (nSPS) is 10.8. The Morgan fingerprint density at radius 3 is 2.67 bits per heavy atom. The van der Waals surface area contributed by atoms with Crippen LogP contribution in [0.25, 0.3) is 6.08 Å². The van der Waals surface area contributed by atoms with E-state index in [0.717, 1.165) is 16.9 Å². The maximum absolute atomic E-state index is 12.0. The molecule has 1 N–H and O–H groups in total. The molecule has 1 amide bonds. The summed E-state index contributed by atoms with van der Waals surface area (Å²) in [6.45, 7) is 3.28. The van der Waals surface area contributed by atoms with E-state index in [2.05, 4.69) is 0 Å². The Hall–Kier alpha value is -2.59. The van der Waals surface area contributed by atoms with E-state index in [-0.39, 0.29) is 12.5 Å². The summed E-state index contributed by atoms with van der Waals surface area (Å²) in [4.78, 5) is 13.6. The van der Waals surface area contributed by atoms with E-state index in [0.29, 0.717) is 19.7 Å². The van der Waals surface area contributed by atoms with Crippen LogP contribution in [0.1, 0.15) is 18.1 Å². The first-order valence-electron chi connectivity index (χ1n) is 8.07. The summed E-state index contributed by atoms with van der Waals surface area (Å²) in [6.07, 6.45) is 3.28. The van der Waals surface area contributed by atoms with Crippen molar-refractivity contribution in [2.45, 2.75) is 13.5 Å². The molecule has 0 heterocycles. The summed E-state index contributed by atoms with van der Waals surface area (Å²) in [7, 11) is 0. The van der Waals surface area contributed by atoms with E-state index in [1.807, 2.05) is 61.5 Å². The molecule has 4 nitrogen and oxygen atoms in total. The third-order valence-electron chi connectivity index (χ3n) is 3.59. The fourth-order valence-electron chi connectivity index (χ4n) is 2.27. The van der Waals surface area contributed by atoms with Gasteiger partial charge in [-0.3, -0.25) is 4.79 Å². The van der Waals surface area contributed by atoms with Crippen LogP contribution in [0.5, 0.6) is 5.75 Å². The van der Waals surface area contributed by atoms with Crippen LogP contribution in [0.2, 0.25) is 0 Å². The SMILES string of the molecule is CCN(CCO)C(=O)/C=C/c1cccc(OCc2ccccc2)c1. The summed E-state index contributed by atoms with van der Waals surface area (Å²) in [5, 5.41) is 8.96. The Labute approximate surface area is 143 Å². The number of amides is 1. The lowest BCUT2D eigenvalue weighted by Crippen LogP contribution is -2.31. The number of carbonyl (C=O) groups is 1. The van der Waals surface area contributed by atoms with Gasteiger partial charge in [0.15, 0.2) is 0 Å². The first kappa shape index (κ1) is 17.8. The monoisotopic (exact) mass is 325 g/mol. The van der Waals surface area contributed by atoms with E-state index in [1.54, 1.807) is 11.0 Å². The molecule has 0 saturated carbocycles. The molecule has 4 heteroatoms. The lowest BCUT2D eigenvalue weighted by Gasteiger charge is -2.17. The molecule has 2 aromatic carbocycles. The number of carbonyl (C=O) groups excluding carboxylic acids is 1. The van der Waals surface area contributed by atoms with Gasteiger partial charge in [0.1, 0.15) is 12.4 Å². The maximum atomic E-state index is 12.0. The number of benzene rings is 2. The molecular formula is C20H23NO3. The van der Waals surface area contributed by atoms with Crippen LogP contribution < -0.4 is 4.74 Å². The minimum atomic E-state index is -0.109. The molecule has 126 valence electrons. The summed E-state index contributed by atoms with van der Waals surface area (Å²) < 4.78 is 5.78. The predicted octanol–water partition coefficient (Wildman–Crippen LogP) is 3.12. The molecule has 0 radical (unpaired) electrons. The number of aliphatic hydroxyl groups excluding tert-OH is 1. The van der Waals surface area contributed by atoms with Gasteiger partial charge in [0.25, 0.3) is 0 Å². The highest BCUT2D eigenvalue weighted by molar-refractivity contribution is 5.91. The van der Waals surface area contributed by atoms with Crippen molar-refractivity contribution in [3.05, 3.63) is 71.8 Å². The van der Waals surface area contributed by atoms with Crippen LogP contribution in [0.15, 0.2) is 60.7 Å². The molecule has 2 rings (SSSR count). The quantitative estimate of drug-likeness (QED) is 0.759. The van der Waals surface area contributed by atoms with Crippen molar-refractivity contribution in [2.24, 2.45) is 0 Å². The van der Waals surface area contributed by atoms with Gasteiger partial charge in [0, 0.05) is 19.2 Å². The number of aliphatic hydroxyl groups is 1. The van der Waals surface area contributed by atoms with Gasteiger partial charge in [-0.1, -0.05) is 42.5 Å². The fraction of sp³-hybridized carbons (Fsp3) is 0.250. The predicted molar refractivity (Wildman–Crippen MR) is 95.6 cm³/mol. The van der Waals surface area contributed by atoms with Gasteiger partial charge in [-0.25, -0.2) is 0 Å². The molecule has 0 aliphatic carbocycles. The molecule has 24 heavy (non-hydrogen) atoms. The number of ether oxygens (including phenoxy) is 1. The van der Waals surface area contributed by atoms with Crippen molar-refractivity contribution < 1.29 is 14.6 Å². The zero-order valence-electron chi connectivity index (χ0n) is 13.9. The van der Waals surface area contributed by atoms with E-state index < -0.39 is 0 Å². The molecule has 0 fully saturated rings. The zero-order valence-corrected chi connectivity index (χ0v) is 13.9. The number of hydrogen-bond donors (Lipinski definition) is 1. The summed E-state index contributed by atoms with van der Waals surface area (Å²) >= 11 is 0. The van der Waals surface area contributed by atoms with E-state index in [9.17, 15) is 4.79 Å². The Bertz CT molecular complexity index is 668. The van der Waals surface area contributed by atoms with Crippen LogP contribution in [-0.2, 0) is 11.4 Å². The van der Waals surface area contributed by atoms with Gasteiger partial charge in [-0.05, 0) is 36.3 Å². The van der Waals surface area contributed by atoms with Crippen molar-refractivity contribution in [3.8, 4) is 5.75 Å². The standard InChI is InChI=1S/C20H23NO3/c1-2-21(13-14-22)20(23)12-11-17-9-6-10-19(15-17)24-16-18-7-4-3-5-8-18/h3-12,15,22H,2,13-14,16H2,1H3/b12-11+. The Kier molecular flexibility index (Phi) is 7.05. The molecule has 0 saturated heterocycles. The lowest BCUT2D eigenvalue weighted by atomic mass is 10.2.